The van der Waals surface area contributed by atoms with E-state index in [1.807, 2.05) is 0 Å². The molecule has 0 amide bonds. The van der Waals surface area contributed by atoms with Gasteiger partial charge in [0.2, 0.25) is 0 Å². The Balaban J connectivity index is 2.92. The van der Waals surface area contributed by atoms with Gasteiger partial charge in [0.25, 0.3) is 0 Å². The molecule has 0 radical (unpaired) electrons. The summed E-state index contributed by atoms with van der Waals surface area (Å²) in [6.45, 7) is 0. The Hall–Kier alpha value is -1.97. The van der Waals surface area contributed by atoms with E-state index in [0.29, 0.717) is 22.3 Å². The maximum Gasteiger partial charge on any atom is 0.117 e. The van der Waals surface area contributed by atoms with E-state index in [4.69, 9.17) is 5.73 Å². The third-order valence-corrected chi connectivity index (χ3v) is 1.88. The molecular formula is C9H7N3O. The van der Waals surface area contributed by atoms with Gasteiger partial charge in [-0.15, -0.1) is 4.91 Å². The maximum absolute atomic E-state index is 10.4. The van der Waals surface area contributed by atoms with Crippen LogP contribution in [-0.4, -0.2) is 4.98 Å². The van der Waals surface area contributed by atoms with Crippen molar-refractivity contribution >= 4 is 22.3 Å². The number of nitrogens with zero attached hydrogens (tertiary/aromatic N) is 2. The molecule has 1 aromatic carbocycles. The van der Waals surface area contributed by atoms with Crippen LogP contribution in [0.1, 0.15) is 0 Å². The predicted molar refractivity (Wildman–Crippen MR) is 51.6 cm³/mol. The van der Waals surface area contributed by atoms with Gasteiger partial charge in [-0.2, -0.15) is 0 Å². The van der Waals surface area contributed by atoms with Gasteiger partial charge in [-0.25, -0.2) is 0 Å². The lowest BCUT2D eigenvalue weighted by Gasteiger charge is -2.00. The van der Waals surface area contributed by atoms with Gasteiger partial charge in [0.1, 0.15) is 5.69 Å². The predicted octanol–water partition coefficient (Wildman–Crippen LogP) is 2.21. The maximum atomic E-state index is 10.4. The van der Waals surface area contributed by atoms with Crippen molar-refractivity contribution in [3.05, 3.63) is 35.4 Å². The summed E-state index contributed by atoms with van der Waals surface area (Å²) in [7, 11) is 0. The molecule has 4 nitrogen and oxygen atoms in total. The number of aromatic nitrogens is 1. The van der Waals surface area contributed by atoms with Gasteiger partial charge >= 0.3 is 0 Å². The van der Waals surface area contributed by atoms with Crippen LogP contribution in [0.4, 0.5) is 11.4 Å². The molecular weight excluding hydrogens is 166 g/mol. The average molecular weight is 173 g/mol. The summed E-state index contributed by atoms with van der Waals surface area (Å²) in [5.41, 5.74) is 7.23. The fourth-order valence-corrected chi connectivity index (χ4v) is 1.26. The van der Waals surface area contributed by atoms with Crippen LogP contribution >= 0.6 is 0 Å². The van der Waals surface area contributed by atoms with Crippen LogP contribution in [0, 0.1) is 4.91 Å². The first-order valence-corrected chi connectivity index (χ1v) is 3.79. The lowest BCUT2D eigenvalue weighted by Crippen LogP contribution is -1.88. The first-order valence-electron chi connectivity index (χ1n) is 3.79. The smallest absolute Gasteiger partial charge is 0.117 e. The molecule has 2 rings (SSSR count). The number of rotatable bonds is 1. The van der Waals surface area contributed by atoms with Gasteiger partial charge in [-0.3, -0.25) is 4.98 Å². The molecule has 0 bridgehead atoms. The molecule has 0 aliphatic carbocycles. The quantitative estimate of drug-likeness (QED) is 0.531. The van der Waals surface area contributed by atoms with E-state index in [1.165, 1.54) is 0 Å². The van der Waals surface area contributed by atoms with Crippen LogP contribution in [0.15, 0.2) is 35.6 Å². The Morgan fingerprint density at radius 3 is 2.92 bits per heavy atom. The van der Waals surface area contributed by atoms with E-state index in [1.54, 1.807) is 30.5 Å². The lowest BCUT2D eigenvalue weighted by atomic mass is 10.1. The second-order valence-electron chi connectivity index (χ2n) is 2.66. The Bertz CT molecular complexity index is 467. The third kappa shape index (κ3) is 1.12. The Morgan fingerprint density at radius 2 is 2.15 bits per heavy atom. The van der Waals surface area contributed by atoms with E-state index >= 15 is 0 Å². The molecule has 4 heteroatoms. The van der Waals surface area contributed by atoms with E-state index in [2.05, 4.69) is 10.2 Å². The molecule has 0 spiro atoms. The molecule has 64 valence electrons. The van der Waals surface area contributed by atoms with Gasteiger partial charge in [0.15, 0.2) is 0 Å². The summed E-state index contributed by atoms with van der Waals surface area (Å²) in [6.07, 6.45) is 1.63. The number of hydrogen-bond donors (Lipinski definition) is 1. The van der Waals surface area contributed by atoms with Crippen molar-refractivity contribution in [3.63, 3.8) is 0 Å². The number of nitroso groups, excluding NO2 is 1. The molecule has 0 fully saturated rings. The molecule has 0 saturated heterocycles. The van der Waals surface area contributed by atoms with Crippen molar-refractivity contribution in [2.45, 2.75) is 0 Å². The lowest BCUT2D eigenvalue weighted by molar-refractivity contribution is 1.40. The van der Waals surface area contributed by atoms with Gasteiger partial charge in [-0.1, -0.05) is 0 Å². The molecule has 0 aliphatic rings. The van der Waals surface area contributed by atoms with Crippen molar-refractivity contribution < 1.29 is 0 Å². The van der Waals surface area contributed by atoms with E-state index < -0.39 is 0 Å². The highest BCUT2D eigenvalue weighted by Gasteiger charge is 2.03. The number of pyridine rings is 1. The topological polar surface area (TPSA) is 68.3 Å². The minimum absolute atomic E-state index is 0.373. The first kappa shape index (κ1) is 7.67. The molecule has 0 atom stereocenters. The molecule has 0 saturated carbocycles. The van der Waals surface area contributed by atoms with Crippen molar-refractivity contribution in [1.82, 2.24) is 4.98 Å². The zero-order chi connectivity index (χ0) is 9.26. The van der Waals surface area contributed by atoms with E-state index in [-0.39, 0.29) is 0 Å². The van der Waals surface area contributed by atoms with Crippen molar-refractivity contribution in [3.8, 4) is 0 Å². The van der Waals surface area contributed by atoms with Crippen molar-refractivity contribution in [2.24, 2.45) is 5.18 Å². The molecule has 0 aliphatic heterocycles. The van der Waals surface area contributed by atoms with Crippen LogP contribution in [0.2, 0.25) is 0 Å². The molecule has 2 N–H and O–H groups in total. The highest BCUT2D eigenvalue weighted by molar-refractivity contribution is 5.97. The van der Waals surface area contributed by atoms with Crippen molar-refractivity contribution in [2.75, 3.05) is 5.73 Å². The molecule has 13 heavy (non-hydrogen) atoms. The number of hydrogen-bond acceptors (Lipinski definition) is 4. The number of fused-ring (bicyclic) bond motifs is 1. The van der Waals surface area contributed by atoms with Gasteiger partial charge in [0.05, 0.1) is 11.2 Å². The van der Waals surface area contributed by atoms with Gasteiger partial charge < -0.3 is 5.73 Å². The zero-order valence-corrected chi connectivity index (χ0v) is 6.77. The zero-order valence-electron chi connectivity index (χ0n) is 6.77. The van der Waals surface area contributed by atoms with Gasteiger partial charge in [-0.05, 0) is 29.4 Å². The highest BCUT2D eigenvalue weighted by atomic mass is 16.3. The average Bonchev–Trinajstić information content (AvgIpc) is 2.19. The Morgan fingerprint density at radius 1 is 1.31 bits per heavy atom. The second kappa shape index (κ2) is 2.82. The monoisotopic (exact) mass is 173 g/mol. The SMILES string of the molecule is Nc1ccc(N=O)c2cccnc12. The molecule has 1 aromatic heterocycles. The normalized spacial score (nSPS) is 10.2. The minimum atomic E-state index is 0.373. The standard InChI is InChI=1S/C9H7N3O/c10-7-3-4-8(12-13)6-2-1-5-11-9(6)7/h1-5H,10H2. The van der Waals surface area contributed by atoms with E-state index in [9.17, 15) is 4.91 Å². The third-order valence-electron chi connectivity index (χ3n) is 1.88. The number of nitrogen functional groups attached to an aromatic ring is 1. The summed E-state index contributed by atoms with van der Waals surface area (Å²) in [4.78, 5) is 14.5. The number of benzene rings is 1. The van der Waals surface area contributed by atoms with Crippen LogP contribution in [0.25, 0.3) is 10.9 Å². The summed E-state index contributed by atoms with van der Waals surface area (Å²) < 4.78 is 0. The second-order valence-corrected chi connectivity index (χ2v) is 2.66. The van der Waals surface area contributed by atoms with Crippen LogP contribution in [0.5, 0.6) is 0 Å². The van der Waals surface area contributed by atoms with E-state index in [0.717, 1.165) is 0 Å². The summed E-state index contributed by atoms with van der Waals surface area (Å²) in [6, 6.07) is 6.74. The molecule has 0 unspecified atom stereocenters. The first-order chi connectivity index (χ1) is 6.33. The van der Waals surface area contributed by atoms with Crippen LogP contribution in [-0.2, 0) is 0 Å². The van der Waals surface area contributed by atoms with Crippen LogP contribution < -0.4 is 5.73 Å². The molecule has 1 heterocycles. The fourth-order valence-electron chi connectivity index (χ4n) is 1.26. The van der Waals surface area contributed by atoms with Gasteiger partial charge in [0, 0.05) is 11.6 Å². The largest absolute Gasteiger partial charge is 0.397 e. The minimum Gasteiger partial charge on any atom is -0.397 e. The van der Waals surface area contributed by atoms with Crippen molar-refractivity contribution in [1.29, 1.82) is 0 Å². The highest BCUT2D eigenvalue weighted by Crippen LogP contribution is 2.27. The summed E-state index contributed by atoms with van der Waals surface area (Å²) >= 11 is 0. The van der Waals surface area contributed by atoms with Crippen LogP contribution in [0.3, 0.4) is 0 Å². The number of nitrogens with two attached hydrogens (primary N) is 1. The fraction of sp³-hybridized carbons (Fsp3) is 0. The molecule has 2 aromatic rings. The Kier molecular flexibility index (Phi) is 1.66. The Labute approximate surface area is 74.4 Å². The summed E-state index contributed by atoms with van der Waals surface area (Å²) in [5, 5.41) is 3.59. The summed E-state index contributed by atoms with van der Waals surface area (Å²) in [5.74, 6) is 0. The number of anilines is 1.